The Morgan fingerprint density at radius 2 is 1.93 bits per heavy atom. The van der Waals surface area contributed by atoms with Crippen molar-refractivity contribution >= 4 is 5.78 Å². The van der Waals surface area contributed by atoms with E-state index in [1.165, 1.54) is 6.42 Å². The lowest BCUT2D eigenvalue weighted by atomic mass is 9.79. The molecule has 1 aliphatic rings. The minimum atomic E-state index is -0.347. The Bertz CT molecular complexity index is 349. The zero-order valence-corrected chi connectivity index (χ0v) is 8.94. The maximum Gasteiger partial charge on any atom is 0.159 e. The number of hydrogen-bond acceptors (Lipinski definition) is 2. The summed E-state index contributed by atoms with van der Waals surface area (Å²) in [5, 5.41) is 9.98. The molecule has 2 rings (SSSR count). The van der Waals surface area contributed by atoms with Crippen LogP contribution in [-0.4, -0.2) is 10.9 Å². The number of Topliss-reactive ketones (excluding diaryl/α,β-unsaturated/α-hetero) is 1. The van der Waals surface area contributed by atoms with Gasteiger partial charge in [-0.3, -0.25) is 4.79 Å². The van der Waals surface area contributed by atoms with Gasteiger partial charge in [0, 0.05) is 5.56 Å². The highest BCUT2D eigenvalue weighted by atomic mass is 16.3. The molecule has 1 atom stereocenters. The molecule has 1 aromatic rings. The smallest absolute Gasteiger partial charge is 0.159 e. The molecule has 1 fully saturated rings. The first kappa shape index (κ1) is 10.4. The van der Waals surface area contributed by atoms with Crippen LogP contribution in [0.4, 0.5) is 0 Å². The van der Waals surface area contributed by atoms with Crippen LogP contribution < -0.4 is 0 Å². The molecule has 0 bridgehead atoms. The third-order valence-corrected chi connectivity index (χ3v) is 3.26. The molecule has 0 amide bonds. The predicted octanol–water partition coefficient (Wildman–Crippen LogP) is 2.72. The molecular formula is C13H16O2. The van der Waals surface area contributed by atoms with Gasteiger partial charge >= 0.3 is 0 Å². The molecule has 1 aromatic carbocycles. The third-order valence-electron chi connectivity index (χ3n) is 3.26. The minimum Gasteiger partial charge on any atom is -0.388 e. The summed E-state index contributed by atoms with van der Waals surface area (Å²) in [5.74, 6) is 0.493. The third kappa shape index (κ3) is 2.10. The maximum atomic E-state index is 11.1. The molecule has 15 heavy (non-hydrogen) atoms. The van der Waals surface area contributed by atoms with Gasteiger partial charge in [-0.15, -0.1) is 0 Å². The lowest BCUT2D eigenvalue weighted by Crippen LogP contribution is -2.19. The Labute approximate surface area is 89.9 Å². The van der Waals surface area contributed by atoms with Crippen LogP contribution >= 0.6 is 0 Å². The normalized spacial score (nSPS) is 18.3. The Morgan fingerprint density at radius 3 is 2.33 bits per heavy atom. The van der Waals surface area contributed by atoms with Gasteiger partial charge in [0.1, 0.15) is 0 Å². The van der Waals surface area contributed by atoms with Crippen molar-refractivity contribution in [2.24, 2.45) is 5.92 Å². The molecule has 1 unspecified atom stereocenters. The van der Waals surface area contributed by atoms with Gasteiger partial charge in [-0.25, -0.2) is 0 Å². The van der Waals surface area contributed by atoms with Crippen molar-refractivity contribution in [3.05, 3.63) is 35.4 Å². The zero-order chi connectivity index (χ0) is 10.8. The van der Waals surface area contributed by atoms with Gasteiger partial charge in [-0.05, 0) is 31.2 Å². The summed E-state index contributed by atoms with van der Waals surface area (Å²) >= 11 is 0. The molecule has 2 nitrogen and oxygen atoms in total. The van der Waals surface area contributed by atoms with E-state index in [2.05, 4.69) is 0 Å². The van der Waals surface area contributed by atoms with E-state index < -0.39 is 0 Å². The predicted molar refractivity (Wildman–Crippen MR) is 58.7 cm³/mol. The van der Waals surface area contributed by atoms with Crippen LogP contribution in [0.5, 0.6) is 0 Å². The number of rotatable bonds is 3. The van der Waals surface area contributed by atoms with E-state index in [9.17, 15) is 9.90 Å². The van der Waals surface area contributed by atoms with E-state index in [1.807, 2.05) is 12.1 Å². The molecule has 2 heteroatoms. The molecule has 1 aliphatic carbocycles. The van der Waals surface area contributed by atoms with Crippen LogP contribution in [0.15, 0.2) is 24.3 Å². The Morgan fingerprint density at radius 1 is 1.33 bits per heavy atom. The molecular weight excluding hydrogens is 188 g/mol. The van der Waals surface area contributed by atoms with E-state index in [0.717, 1.165) is 18.4 Å². The quantitative estimate of drug-likeness (QED) is 0.769. The van der Waals surface area contributed by atoms with E-state index in [-0.39, 0.29) is 11.9 Å². The molecule has 80 valence electrons. The van der Waals surface area contributed by atoms with Gasteiger partial charge in [0.05, 0.1) is 6.10 Å². The first-order valence-corrected chi connectivity index (χ1v) is 5.47. The lowest BCUT2D eigenvalue weighted by Gasteiger charge is -2.30. The van der Waals surface area contributed by atoms with Crippen molar-refractivity contribution in [2.75, 3.05) is 0 Å². The minimum absolute atomic E-state index is 0.0692. The van der Waals surface area contributed by atoms with Crippen LogP contribution in [-0.2, 0) is 0 Å². The van der Waals surface area contributed by atoms with Crippen LogP contribution in [0.25, 0.3) is 0 Å². The molecule has 1 saturated carbocycles. The fourth-order valence-corrected chi connectivity index (χ4v) is 1.94. The van der Waals surface area contributed by atoms with E-state index >= 15 is 0 Å². The Hall–Kier alpha value is -1.15. The highest BCUT2D eigenvalue weighted by molar-refractivity contribution is 5.94. The summed E-state index contributed by atoms with van der Waals surface area (Å²) in [6.07, 6.45) is 3.12. The summed E-state index contributed by atoms with van der Waals surface area (Å²) in [6, 6.07) is 7.30. The van der Waals surface area contributed by atoms with Gasteiger partial charge in [-0.1, -0.05) is 30.7 Å². The SMILES string of the molecule is CC(=O)c1ccc(C(O)C2CCC2)cc1. The number of aliphatic hydroxyl groups is 1. The van der Waals surface area contributed by atoms with E-state index in [0.29, 0.717) is 11.5 Å². The lowest BCUT2D eigenvalue weighted by molar-refractivity contribution is 0.0620. The topological polar surface area (TPSA) is 37.3 Å². The Kier molecular flexibility index (Phi) is 2.87. The van der Waals surface area contributed by atoms with Crippen LogP contribution in [0, 0.1) is 5.92 Å². The van der Waals surface area contributed by atoms with Crippen molar-refractivity contribution in [3.63, 3.8) is 0 Å². The number of carbonyl (C=O) groups excluding carboxylic acids is 1. The van der Waals surface area contributed by atoms with Gasteiger partial charge in [0.25, 0.3) is 0 Å². The summed E-state index contributed by atoms with van der Waals surface area (Å²) < 4.78 is 0. The second kappa shape index (κ2) is 4.15. The number of benzene rings is 1. The number of ketones is 1. The van der Waals surface area contributed by atoms with Crippen molar-refractivity contribution in [1.82, 2.24) is 0 Å². The molecule has 0 aromatic heterocycles. The summed E-state index contributed by atoms with van der Waals surface area (Å²) in [7, 11) is 0. The van der Waals surface area contributed by atoms with Crippen LogP contribution in [0.1, 0.15) is 48.2 Å². The number of carbonyl (C=O) groups is 1. The fourth-order valence-electron chi connectivity index (χ4n) is 1.94. The van der Waals surface area contributed by atoms with E-state index in [4.69, 9.17) is 0 Å². The summed E-state index contributed by atoms with van der Waals surface area (Å²) in [5.41, 5.74) is 1.64. The first-order chi connectivity index (χ1) is 7.18. The average molecular weight is 204 g/mol. The molecule has 0 radical (unpaired) electrons. The molecule has 0 heterocycles. The zero-order valence-electron chi connectivity index (χ0n) is 8.94. The number of aliphatic hydroxyl groups excluding tert-OH is 1. The summed E-state index contributed by atoms with van der Waals surface area (Å²) in [6.45, 7) is 1.55. The highest BCUT2D eigenvalue weighted by Crippen LogP contribution is 2.37. The monoisotopic (exact) mass is 204 g/mol. The second-order valence-electron chi connectivity index (χ2n) is 4.31. The van der Waals surface area contributed by atoms with Crippen molar-refractivity contribution in [1.29, 1.82) is 0 Å². The van der Waals surface area contributed by atoms with Gasteiger partial charge in [0.15, 0.2) is 5.78 Å². The number of hydrogen-bond donors (Lipinski definition) is 1. The maximum absolute atomic E-state index is 11.1. The second-order valence-corrected chi connectivity index (χ2v) is 4.31. The first-order valence-electron chi connectivity index (χ1n) is 5.47. The fraction of sp³-hybridized carbons (Fsp3) is 0.462. The summed E-state index contributed by atoms with van der Waals surface area (Å²) in [4.78, 5) is 11.1. The van der Waals surface area contributed by atoms with Gasteiger partial charge < -0.3 is 5.11 Å². The van der Waals surface area contributed by atoms with Crippen molar-refractivity contribution in [2.45, 2.75) is 32.3 Å². The van der Waals surface area contributed by atoms with E-state index in [1.54, 1.807) is 19.1 Å². The largest absolute Gasteiger partial charge is 0.388 e. The van der Waals surface area contributed by atoms with Gasteiger partial charge in [0.2, 0.25) is 0 Å². The van der Waals surface area contributed by atoms with Crippen molar-refractivity contribution < 1.29 is 9.90 Å². The highest BCUT2D eigenvalue weighted by Gasteiger charge is 2.26. The van der Waals surface area contributed by atoms with Crippen LogP contribution in [0.2, 0.25) is 0 Å². The average Bonchev–Trinajstić information content (AvgIpc) is 2.15. The molecule has 0 aliphatic heterocycles. The molecule has 0 saturated heterocycles. The molecule has 0 spiro atoms. The van der Waals surface area contributed by atoms with Crippen LogP contribution in [0.3, 0.4) is 0 Å². The van der Waals surface area contributed by atoms with Gasteiger partial charge in [-0.2, -0.15) is 0 Å². The Balaban J connectivity index is 2.11. The molecule has 1 N–H and O–H groups in total. The van der Waals surface area contributed by atoms with Crippen molar-refractivity contribution in [3.8, 4) is 0 Å². The standard InChI is InChI=1S/C13H16O2/c1-9(14)10-5-7-12(8-6-10)13(15)11-3-2-4-11/h5-8,11,13,15H,2-4H2,1H3.